The minimum atomic E-state index is -0.160. The van der Waals surface area contributed by atoms with Gasteiger partial charge >= 0.3 is 0 Å². The van der Waals surface area contributed by atoms with Crippen LogP contribution in [0.3, 0.4) is 0 Å². The smallest absolute Gasteiger partial charge is 0.253 e. The largest absolute Gasteiger partial charge is 0.380 e. The summed E-state index contributed by atoms with van der Waals surface area (Å²) in [5, 5.41) is 8.21. The van der Waals surface area contributed by atoms with E-state index in [0.29, 0.717) is 25.3 Å². The maximum absolute atomic E-state index is 12.6. The summed E-state index contributed by atoms with van der Waals surface area (Å²) in [5.74, 6) is -0.160. The molecule has 1 N–H and O–H groups in total. The molecule has 4 rings (SSSR count). The van der Waals surface area contributed by atoms with E-state index in [4.69, 9.17) is 4.74 Å². The third kappa shape index (κ3) is 4.50. The minimum absolute atomic E-state index is 0.160. The lowest BCUT2D eigenvalue weighted by atomic mass is 10.1. The molecule has 0 saturated heterocycles. The maximum Gasteiger partial charge on any atom is 0.253 e. The molecule has 0 fully saturated rings. The van der Waals surface area contributed by atoms with E-state index >= 15 is 0 Å². The Labute approximate surface area is 169 Å². The molecule has 6 nitrogen and oxygen atoms in total. The Morgan fingerprint density at radius 1 is 1.00 bits per heavy atom. The summed E-state index contributed by atoms with van der Waals surface area (Å²) in [7, 11) is 1.67. The fourth-order valence-corrected chi connectivity index (χ4v) is 3.25. The molecule has 2 aromatic carbocycles. The molecule has 4 aromatic rings. The van der Waals surface area contributed by atoms with Gasteiger partial charge in [-0.3, -0.25) is 4.79 Å². The van der Waals surface area contributed by atoms with E-state index in [1.54, 1.807) is 19.5 Å². The molecule has 29 heavy (non-hydrogen) atoms. The quantitative estimate of drug-likeness (QED) is 0.527. The van der Waals surface area contributed by atoms with Crippen molar-refractivity contribution in [2.75, 3.05) is 7.11 Å². The van der Waals surface area contributed by atoms with Gasteiger partial charge in [0.05, 0.1) is 24.9 Å². The van der Waals surface area contributed by atoms with Crippen LogP contribution < -0.4 is 5.32 Å². The molecule has 0 radical (unpaired) electrons. The third-order valence-electron chi connectivity index (χ3n) is 4.67. The van der Waals surface area contributed by atoms with Crippen LogP contribution in [0, 0.1) is 0 Å². The van der Waals surface area contributed by atoms with Crippen LogP contribution in [0.25, 0.3) is 11.0 Å². The maximum atomic E-state index is 12.6. The van der Waals surface area contributed by atoms with E-state index < -0.39 is 0 Å². The first-order valence-electron chi connectivity index (χ1n) is 9.43. The number of ether oxygens (including phenoxy) is 1. The molecule has 6 heteroatoms. The Morgan fingerprint density at radius 2 is 1.79 bits per heavy atom. The Morgan fingerprint density at radius 3 is 2.62 bits per heavy atom. The number of carbonyl (C=O) groups is 1. The number of pyridine rings is 1. The van der Waals surface area contributed by atoms with E-state index in [1.807, 2.05) is 53.2 Å². The molecule has 0 atom stereocenters. The van der Waals surface area contributed by atoms with Crippen molar-refractivity contribution in [3.05, 3.63) is 95.3 Å². The van der Waals surface area contributed by atoms with Crippen molar-refractivity contribution in [2.24, 2.45) is 0 Å². The normalized spacial score (nSPS) is 10.9. The SMILES string of the molecule is COCc1cccc(CNC(=O)c2cnc3c(cnn3Cc3ccccc3)c2)c1. The number of amides is 1. The molecular weight excluding hydrogens is 364 g/mol. The Kier molecular flexibility index (Phi) is 5.63. The summed E-state index contributed by atoms with van der Waals surface area (Å²) < 4.78 is 7.00. The number of benzene rings is 2. The first kappa shape index (κ1) is 18.8. The second kappa shape index (κ2) is 8.67. The van der Waals surface area contributed by atoms with Crippen LogP contribution in [0.2, 0.25) is 0 Å². The van der Waals surface area contributed by atoms with Gasteiger partial charge < -0.3 is 10.1 Å². The van der Waals surface area contributed by atoms with Crippen molar-refractivity contribution >= 4 is 16.9 Å². The van der Waals surface area contributed by atoms with E-state index in [-0.39, 0.29) is 5.91 Å². The van der Waals surface area contributed by atoms with Crippen LogP contribution in [0.4, 0.5) is 0 Å². The highest BCUT2D eigenvalue weighted by Crippen LogP contribution is 2.15. The van der Waals surface area contributed by atoms with Crippen molar-refractivity contribution in [3.8, 4) is 0 Å². The molecule has 146 valence electrons. The van der Waals surface area contributed by atoms with Crippen LogP contribution in [-0.4, -0.2) is 27.8 Å². The Balaban J connectivity index is 1.45. The second-order valence-electron chi connectivity index (χ2n) is 6.86. The number of rotatable bonds is 7. The zero-order chi connectivity index (χ0) is 20.1. The summed E-state index contributed by atoms with van der Waals surface area (Å²) in [5.41, 5.74) is 4.53. The summed E-state index contributed by atoms with van der Waals surface area (Å²) in [6.45, 7) is 1.64. The second-order valence-corrected chi connectivity index (χ2v) is 6.86. The number of nitrogens with one attached hydrogen (secondary N) is 1. The molecule has 0 unspecified atom stereocenters. The molecule has 0 bridgehead atoms. The standard InChI is InChI=1S/C23H22N4O2/c1-29-16-19-9-5-8-18(10-19)12-25-23(28)21-11-20-14-26-27(22(20)24-13-21)15-17-6-3-2-4-7-17/h2-11,13-14H,12,15-16H2,1H3,(H,25,28). The van der Waals surface area contributed by atoms with Gasteiger partial charge in [0.1, 0.15) is 0 Å². The number of aromatic nitrogens is 3. The van der Waals surface area contributed by atoms with Crippen LogP contribution >= 0.6 is 0 Å². The van der Waals surface area contributed by atoms with Gasteiger partial charge in [0.25, 0.3) is 5.91 Å². The van der Waals surface area contributed by atoms with E-state index in [0.717, 1.165) is 27.7 Å². The zero-order valence-corrected chi connectivity index (χ0v) is 16.2. The van der Waals surface area contributed by atoms with E-state index in [1.165, 1.54) is 0 Å². The summed E-state index contributed by atoms with van der Waals surface area (Å²) in [6.07, 6.45) is 3.35. The molecule has 1 amide bonds. The predicted octanol–water partition coefficient (Wildman–Crippen LogP) is 3.56. The summed E-state index contributed by atoms with van der Waals surface area (Å²) in [6, 6.07) is 19.9. The van der Waals surface area contributed by atoms with Crippen molar-refractivity contribution < 1.29 is 9.53 Å². The molecule has 2 aromatic heterocycles. The van der Waals surface area contributed by atoms with Gasteiger partial charge in [-0.15, -0.1) is 0 Å². The monoisotopic (exact) mass is 386 g/mol. The van der Waals surface area contributed by atoms with Gasteiger partial charge in [0.2, 0.25) is 0 Å². The molecule has 0 saturated carbocycles. The highest BCUT2D eigenvalue weighted by Gasteiger charge is 2.11. The van der Waals surface area contributed by atoms with Gasteiger partial charge in [-0.2, -0.15) is 5.10 Å². The first-order valence-corrected chi connectivity index (χ1v) is 9.43. The van der Waals surface area contributed by atoms with Gasteiger partial charge in [0.15, 0.2) is 5.65 Å². The lowest BCUT2D eigenvalue weighted by Crippen LogP contribution is -2.23. The Bertz CT molecular complexity index is 1120. The minimum Gasteiger partial charge on any atom is -0.380 e. The van der Waals surface area contributed by atoms with Crippen LogP contribution in [0.1, 0.15) is 27.0 Å². The number of methoxy groups -OCH3 is 1. The van der Waals surface area contributed by atoms with Crippen LogP contribution in [0.5, 0.6) is 0 Å². The van der Waals surface area contributed by atoms with Gasteiger partial charge in [-0.25, -0.2) is 9.67 Å². The van der Waals surface area contributed by atoms with Crippen molar-refractivity contribution in [1.82, 2.24) is 20.1 Å². The lowest BCUT2D eigenvalue weighted by molar-refractivity contribution is 0.0950. The average Bonchev–Trinajstić information content (AvgIpc) is 3.15. The fourth-order valence-electron chi connectivity index (χ4n) is 3.25. The average molecular weight is 386 g/mol. The number of hydrogen-bond acceptors (Lipinski definition) is 4. The predicted molar refractivity (Wildman–Crippen MR) is 111 cm³/mol. The van der Waals surface area contributed by atoms with Crippen molar-refractivity contribution in [2.45, 2.75) is 19.7 Å². The third-order valence-corrected chi connectivity index (χ3v) is 4.67. The molecule has 0 spiro atoms. The fraction of sp³-hybridized carbons (Fsp3) is 0.174. The van der Waals surface area contributed by atoms with Gasteiger partial charge in [0, 0.05) is 25.2 Å². The van der Waals surface area contributed by atoms with Crippen LogP contribution in [0.15, 0.2) is 73.1 Å². The number of nitrogens with zero attached hydrogens (tertiary/aromatic N) is 3. The Hall–Kier alpha value is -3.51. The highest BCUT2D eigenvalue weighted by atomic mass is 16.5. The molecule has 2 heterocycles. The van der Waals surface area contributed by atoms with Gasteiger partial charge in [-0.1, -0.05) is 54.6 Å². The van der Waals surface area contributed by atoms with Crippen molar-refractivity contribution in [3.63, 3.8) is 0 Å². The highest BCUT2D eigenvalue weighted by molar-refractivity contribution is 5.96. The number of carbonyl (C=O) groups excluding carboxylic acids is 1. The van der Waals surface area contributed by atoms with Gasteiger partial charge in [-0.05, 0) is 22.8 Å². The number of fused-ring (bicyclic) bond motifs is 1. The zero-order valence-electron chi connectivity index (χ0n) is 16.2. The van der Waals surface area contributed by atoms with Crippen molar-refractivity contribution in [1.29, 1.82) is 0 Å². The topological polar surface area (TPSA) is 69.0 Å². The number of hydrogen-bond donors (Lipinski definition) is 1. The summed E-state index contributed by atoms with van der Waals surface area (Å²) in [4.78, 5) is 17.0. The summed E-state index contributed by atoms with van der Waals surface area (Å²) >= 11 is 0. The first-order chi connectivity index (χ1) is 14.2. The molecule has 0 aliphatic heterocycles. The molecule has 0 aliphatic rings. The van der Waals surface area contributed by atoms with E-state index in [9.17, 15) is 4.79 Å². The molecule has 0 aliphatic carbocycles. The van der Waals surface area contributed by atoms with Crippen LogP contribution in [-0.2, 0) is 24.4 Å². The molecular formula is C23H22N4O2. The lowest BCUT2D eigenvalue weighted by Gasteiger charge is -2.08. The van der Waals surface area contributed by atoms with E-state index in [2.05, 4.69) is 27.5 Å².